The number of fused-ring (bicyclic) bond motifs is 2. The monoisotopic (exact) mass is 364 g/mol. The van der Waals surface area contributed by atoms with Gasteiger partial charge in [-0.3, -0.25) is 10.3 Å². The maximum atomic E-state index is 10.3. The zero-order valence-corrected chi connectivity index (χ0v) is 15.7. The number of aromatic nitrogens is 4. The zero-order chi connectivity index (χ0) is 18.5. The second kappa shape index (κ2) is 6.28. The number of aliphatic hydroxyl groups excluding tert-OH is 1. The highest BCUT2D eigenvalue weighted by Crippen LogP contribution is 2.27. The van der Waals surface area contributed by atoms with E-state index in [1.54, 1.807) is 4.52 Å². The third-order valence-electron chi connectivity index (χ3n) is 5.36. The molecule has 1 atom stereocenters. The van der Waals surface area contributed by atoms with Gasteiger partial charge in [-0.15, -0.1) is 5.10 Å². The summed E-state index contributed by atoms with van der Waals surface area (Å²) in [4.78, 5) is 11.4. The van der Waals surface area contributed by atoms with Gasteiger partial charge in [0.15, 0.2) is 11.5 Å². The summed E-state index contributed by atoms with van der Waals surface area (Å²) in [6.07, 6.45) is 6.19. The molecule has 1 aliphatic heterocycles. The lowest BCUT2D eigenvalue weighted by atomic mass is 10.0. The Balaban J connectivity index is 1.45. The fourth-order valence-corrected chi connectivity index (χ4v) is 3.75. The van der Waals surface area contributed by atoms with Gasteiger partial charge in [-0.2, -0.15) is 0 Å². The molecule has 1 saturated carbocycles. The predicted molar refractivity (Wildman–Crippen MR) is 103 cm³/mol. The molecule has 0 spiro atoms. The van der Waals surface area contributed by atoms with Crippen LogP contribution < -0.4 is 10.2 Å². The van der Waals surface area contributed by atoms with E-state index in [0.717, 1.165) is 49.4 Å². The first-order valence-corrected chi connectivity index (χ1v) is 9.57. The molecule has 7 heteroatoms. The summed E-state index contributed by atoms with van der Waals surface area (Å²) in [5, 5.41) is 18.3. The van der Waals surface area contributed by atoms with E-state index < -0.39 is 6.23 Å². The third-order valence-corrected chi connectivity index (χ3v) is 5.36. The van der Waals surface area contributed by atoms with Crippen molar-refractivity contribution in [1.29, 1.82) is 0 Å². The number of aryl methyl sites for hydroxylation is 2. The summed E-state index contributed by atoms with van der Waals surface area (Å²) in [6.45, 7) is 5.86. The van der Waals surface area contributed by atoms with Crippen LogP contribution in [0.1, 0.15) is 47.1 Å². The molecule has 0 radical (unpaired) electrons. The molecule has 3 aromatic rings. The highest BCUT2D eigenvalue weighted by molar-refractivity contribution is 5.54. The molecule has 7 nitrogen and oxygen atoms in total. The summed E-state index contributed by atoms with van der Waals surface area (Å²) in [6, 6.07) is 4.68. The number of nitrogens with zero attached hydrogens (tertiary/aromatic N) is 5. The number of imidazole rings is 1. The summed E-state index contributed by atoms with van der Waals surface area (Å²) < 4.78 is 1.78. The van der Waals surface area contributed by atoms with Gasteiger partial charge < -0.3 is 10.0 Å². The average molecular weight is 364 g/mol. The molecule has 1 unspecified atom stereocenters. The van der Waals surface area contributed by atoms with Crippen LogP contribution in [0, 0.1) is 13.8 Å². The van der Waals surface area contributed by atoms with E-state index in [0.29, 0.717) is 11.7 Å². The van der Waals surface area contributed by atoms with Gasteiger partial charge in [-0.1, -0.05) is 6.07 Å². The molecule has 0 saturated heterocycles. The van der Waals surface area contributed by atoms with Crippen LogP contribution in [0.3, 0.4) is 0 Å². The minimum atomic E-state index is -0.737. The van der Waals surface area contributed by atoms with Crippen LogP contribution in [-0.4, -0.2) is 37.3 Å². The Morgan fingerprint density at radius 1 is 1.26 bits per heavy atom. The van der Waals surface area contributed by atoms with Crippen molar-refractivity contribution in [2.24, 2.45) is 0 Å². The number of pyridine rings is 1. The first-order valence-electron chi connectivity index (χ1n) is 9.57. The van der Waals surface area contributed by atoms with Gasteiger partial charge in [0, 0.05) is 37.4 Å². The van der Waals surface area contributed by atoms with Crippen LogP contribution in [-0.2, 0) is 13.0 Å². The van der Waals surface area contributed by atoms with E-state index in [1.165, 1.54) is 16.8 Å². The second-order valence-corrected chi connectivity index (χ2v) is 7.75. The summed E-state index contributed by atoms with van der Waals surface area (Å²) in [5.74, 6) is 0.961. The molecule has 0 aromatic carbocycles. The molecule has 2 aliphatic rings. The van der Waals surface area contributed by atoms with Gasteiger partial charge in [0.05, 0.1) is 6.20 Å². The summed E-state index contributed by atoms with van der Waals surface area (Å²) >= 11 is 0. The minimum absolute atomic E-state index is 0.417. The van der Waals surface area contributed by atoms with Crippen LogP contribution in [0.2, 0.25) is 0 Å². The van der Waals surface area contributed by atoms with Crippen molar-refractivity contribution in [2.45, 2.75) is 51.9 Å². The fraction of sp³-hybridized carbons (Fsp3) is 0.450. The van der Waals surface area contributed by atoms with Gasteiger partial charge in [-0.25, -0.2) is 9.50 Å². The van der Waals surface area contributed by atoms with Crippen LogP contribution in [0.4, 0.5) is 5.82 Å². The number of nitrogens with one attached hydrogen (secondary N) is 1. The van der Waals surface area contributed by atoms with Gasteiger partial charge >= 0.3 is 0 Å². The van der Waals surface area contributed by atoms with Gasteiger partial charge in [0.25, 0.3) is 0 Å². The Labute approximate surface area is 158 Å². The first-order chi connectivity index (χ1) is 13.1. The van der Waals surface area contributed by atoms with E-state index in [9.17, 15) is 5.11 Å². The number of rotatable bonds is 4. The van der Waals surface area contributed by atoms with Crippen molar-refractivity contribution in [2.75, 3.05) is 11.4 Å². The lowest BCUT2D eigenvalue weighted by Crippen LogP contribution is -2.32. The standard InChI is InChI=1S/C20H24N6O/c1-12-7-14-10-25(6-5-16(14)21-9-12)19-13(2)8-18-23-17(11-26(18)24-19)20(27)22-15-3-4-15/h7-9,11,15,20,22,27H,3-6,10H2,1-2H3. The van der Waals surface area contributed by atoms with E-state index in [4.69, 9.17) is 5.10 Å². The van der Waals surface area contributed by atoms with Crippen LogP contribution in [0.25, 0.3) is 5.65 Å². The Bertz CT molecular complexity index is 1010. The number of hydrogen-bond donors (Lipinski definition) is 2. The summed E-state index contributed by atoms with van der Waals surface area (Å²) in [7, 11) is 0. The smallest absolute Gasteiger partial charge is 0.154 e. The number of hydrogen-bond acceptors (Lipinski definition) is 6. The topological polar surface area (TPSA) is 78.6 Å². The molecular weight excluding hydrogens is 340 g/mol. The van der Waals surface area contributed by atoms with Crippen molar-refractivity contribution in [3.63, 3.8) is 0 Å². The van der Waals surface area contributed by atoms with Crippen LogP contribution in [0.15, 0.2) is 24.5 Å². The van der Waals surface area contributed by atoms with Crippen molar-refractivity contribution in [3.8, 4) is 0 Å². The maximum absolute atomic E-state index is 10.3. The second-order valence-electron chi connectivity index (χ2n) is 7.75. The molecule has 0 amide bonds. The quantitative estimate of drug-likeness (QED) is 0.690. The minimum Gasteiger partial charge on any atom is -0.373 e. The molecule has 5 rings (SSSR count). The molecule has 27 heavy (non-hydrogen) atoms. The van der Waals surface area contributed by atoms with Gasteiger partial charge in [-0.05, 0) is 49.4 Å². The van der Waals surface area contributed by atoms with Gasteiger partial charge in [0.2, 0.25) is 0 Å². The maximum Gasteiger partial charge on any atom is 0.154 e. The third kappa shape index (κ3) is 3.17. The molecule has 2 N–H and O–H groups in total. The Morgan fingerprint density at radius 2 is 2.11 bits per heavy atom. The van der Waals surface area contributed by atoms with Crippen molar-refractivity contribution in [3.05, 3.63) is 52.6 Å². The van der Waals surface area contributed by atoms with E-state index in [1.807, 2.05) is 18.5 Å². The van der Waals surface area contributed by atoms with Crippen molar-refractivity contribution >= 4 is 11.5 Å². The van der Waals surface area contributed by atoms with E-state index >= 15 is 0 Å². The normalized spacial score (nSPS) is 18.0. The molecular formula is C20H24N6O. The molecule has 4 heterocycles. The van der Waals surface area contributed by atoms with E-state index in [2.05, 4.69) is 40.1 Å². The van der Waals surface area contributed by atoms with Crippen LogP contribution in [0.5, 0.6) is 0 Å². The summed E-state index contributed by atoms with van der Waals surface area (Å²) in [5.41, 5.74) is 6.13. The zero-order valence-electron chi connectivity index (χ0n) is 15.7. The predicted octanol–water partition coefficient (Wildman–Crippen LogP) is 2.05. The lowest BCUT2D eigenvalue weighted by molar-refractivity contribution is 0.133. The van der Waals surface area contributed by atoms with Crippen molar-refractivity contribution < 1.29 is 5.11 Å². The highest BCUT2D eigenvalue weighted by Gasteiger charge is 2.26. The molecule has 3 aromatic heterocycles. The largest absolute Gasteiger partial charge is 0.373 e. The number of aliphatic hydroxyl groups is 1. The Morgan fingerprint density at radius 3 is 2.93 bits per heavy atom. The highest BCUT2D eigenvalue weighted by atomic mass is 16.3. The van der Waals surface area contributed by atoms with Crippen molar-refractivity contribution in [1.82, 2.24) is 24.9 Å². The average Bonchev–Trinajstić information content (AvgIpc) is 3.36. The lowest BCUT2D eigenvalue weighted by Gasteiger charge is -2.30. The van der Waals surface area contributed by atoms with E-state index in [-0.39, 0.29) is 0 Å². The Hall–Kier alpha value is -2.51. The molecule has 0 bridgehead atoms. The molecule has 1 aliphatic carbocycles. The SMILES string of the molecule is Cc1cnc2c(c1)CN(c1nn3cc(C(O)NC4CC4)nc3cc1C)CC2. The fourth-order valence-electron chi connectivity index (χ4n) is 3.75. The Kier molecular flexibility index (Phi) is 3.87. The first kappa shape index (κ1) is 16.6. The van der Waals surface area contributed by atoms with Gasteiger partial charge in [0.1, 0.15) is 11.9 Å². The number of anilines is 1. The molecule has 140 valence electrons. The van der Waals surface area contributed by atoms with Crippen LogP contribution >= 0.6 is 0 Å². The molecule has 1 fully saturated rings.